The van der Waals surface area contributed by atoms with Crippen LogP contribution in [0.25, 0.3) is 11.5 Å². The van der Waals surface area contributed by atoms with E-state index in [-0.39, 0.29) is 6.04 Å². The summed E-state index contributed by atoms with van der Waals surface area (Å²) in [6.45, 7) is 4.93. The molecule has 0 amide bonds. The first kappa shape index (κ1) is 14.5. The molecule has 1 saturated heterocycles. The number of benzene rings is 1. The van der Waals surface area contributed by atoms with Gasteiger partial charge in [0.1, 0.15) is 0 Å². The van der Waals surface area contributed by atoms with Gasteiger partial charge in [-0.25, -0.2) is 0 Å². The minimum Gasteiger partial charge on any atom is -0.334 e. The summed E-state index contributed by atoms with van der Waals surface area (Å²) in [7, 11) is 0. The lowest BCUT2D eigenvalue weighted by molar-refractivity contribution is 0.306. The maximum atomic E-state index is 6.17. The SMILES string of the molecule is Cc1ccc(-c2nc(C(N)CN3CCCC3)no2)cc1Cl. The molecule has 2 aromatic rings. The highest BCUT2D eigenvalue weighted by molar-refractivity contribution is 6.31. The van der Waals surface area contributed by atoms with Crippen molar-refractivity contribution in [3.63, 3.8) is 0 Å². The molecule has 1 aromatic heterocycles. The van der Waals surface area contributed by atoms with Crippen molar-refractivity contribution in [2.75, 3.05) is 19.6 Å². The van der Waals surface area contributed by atoms with Crippen LogP contribution in [-0.2, 0) is 0 Å². The third-order valence-corrected chi connectivity index (χ3v) is 4.25. The van der Waals surface area contributed by atoms with Gasteiger partial charge in [-0.3, -0.25) is 0 Å². The predicted octanol–water partition coefficient (Wildman–Crippen LogP) is 2.79. The number of nitrogens with two attached hydrogens (primary N) is 1. The Morgan fingerprint density at radius 3 is 2.86 bits per heavy atom. The average Bonchev–Trinajstić information content (AvgIpc) is 3.12. The predicted molar refractivity (Wildman–Crippen MR) is 82.1 cm³/mol. The molecule has 1 aliphatic rings. The van der Waals surface area contributed by atoms with Crippen LogP contribution in [0.15, 0.2) is 22.7 Å². The van der Waals surface area contributed by atoms with E-state index in [1.165, 1.54) is 12.8 Å². The molecule has 0 saturated carbocycles. The monoisotopic (exact) mass is 306 g/mol. The topological polar surface area (TPSA) is 68.2 Å². The molecule has 1 aliphatic heterocycles. The molecule has 1 atom stereocenters. The minimum absolute atomic E-state index is 0.221. The number of nitrogens with zero attached hydrogens (tertiary/aromatic N) is 3. The third-order valence-electron chi connectivity index (χ3n) is 3.85. The fourth-order valence-corrected chi connectivity index (χ4v) is 2.73. The van der Waals surface area contributed by atoms with E-state index in [0.717, 1.165) is 30.8 Å². The van der Waals surface area contributed by atoms with Crippen molar-refractivity contribution in [3.8, 4) is 11.5 Å². The highest BCUT2D eigenvalue weighted by atomic mass is 35.5. The summed E-state index contributed by atoms with van der Waals surface area (Å²) in [5, 5.41) is 4.69. The Balaban J connectivity index is 1.74. The average molecular weight is 307 g/mol. The van der Waals surface area contributed by atoms with Crippen LogP contribution in [0.4, 0.5) is 0 Å². The first-order valence-corrected chi connectivity index (χ1v) is 7.59. The van der Waals surface area contributed by atoms with Crippen molar-refractivity contribution in [3.05, 3.63) is 34.6 Å². The van der Waals surface area contributed by atoms with E-state index >= 15 is 0 Å². The Morgan fingerprint density at radius 1 is 1.38 bits per heavy atom. The maximum Gasteiger partial charge on any atom is 0.258 e. The van der Waals surface area contributed by atoms with Gasteiger partial charge < -0.3 is 15.2 Å². The Bertz CT molecular complexity index is 622. The van der Waals surface area contributed by atoms with Gasteiger partial charge in [-0.2, -0.15) is 4.98 Å². The normalized spacial score (nSPS) is 17.3. The maximum absolute atomic E-state index is 6.17. The quantitative estimate of drug-likeness (QED) is 0.940. The minimum atomic E-state index is -0.221. The molecule has 1 unspecified atom stereocenters. The number of aryl methyl sites for hydroxylation is 1. The number of halogens is 1. The lowest BCUT2D eigenvalue weighted by Crippen LogP contribution is -2.30. The molecule has 21 heavy (non-hydrogen) atoms. The van der Waals surface area contributed by atoms with E-state index in [1.54, 1.807) is 0 Å². The van der Waals surface area contributed by atoms with Crippen LogP contribution in [0.1, 0.15) is 30.3 Å². The Labute approximate surface area is 129 Å². The Kier molecular flexibility index (Phi) is 4.24. The van der Waals surface area contributed by atoms with E-state index in [4.69, 9.17) is 21.9 Å². The van der Waals surface area contributed by atoms with Crippen molar-refractivity contribution in [1.29, 1.82) is 0 Å². The molecule has 112 valence electrons. The molecular weight excluding hydrogens is 288 g/mol. The largest absolute Gasteiger partial charge is 0.334 e. The summed E-state index contributed by atoms with van der Waals surface area (Å²) in [4.78, 5) is 6.74. The molecule has 3 rings (SSSR count). The number of likely N-dealkylation sites (tertiary alicyclic amines) is 1. The number of aromatic nitrogens is 2. The molecule has 0 bridgehead atoms. The summed E-state index contributed by atoms with van der Waals surface area (Å²) in [6, 6.07) is 5.47. The van der Waals surface area contributed by atoms with E-state index in [1.807, 2.05) is 25.1 Å². The van der Waals surface area contributed by atoms with Crippen LogP contribution in [-0.4, -0.2) is 34.7 Å². The molecule has 1 fully saturated rings. The first-order valence-electron chi connectivity index (χ1n) is 7.21. The molecule has 1 aromatic carbocycles. The van der Waals surface area contributed by atoms with E-state index < -0.39 is 0 Å². The van der Waals surface area contributed by atoms with Gasteiger partial charge in [0, 0.05) is 17.1 Å². The molecule has 5 nitrogen and oxygen atoms in total. The number of hydrogen-bond donors (Lipinski definition) is 1. The highest BCUT2D eigenvalue weighted by Gasteiger charge is 2.20. The Morgan fingerprint density at radius 2 is 2.14 bits per heavy atom. The van der Waals surface area contributed by atoms with Gasteiger partial charge in [-0.15, -0.1) is 0 Å². The van der Waals surface area contributed by atoms with Crippen LogP contribution >= 0.6 is 11.6 Å². The molecule has 2 heterocycles. The van der Waals surface area contributed by atoms with E-state index in [0.29, 0.717) is 16.7 Å². The van der Waals surface area contributed by atoms with Crippen LogP contribution in [0.2, 0.25) is 5.02 Å². The first-order chi connectivity index (χ1) is 10.1. The van der Waals surface area contributed by atoms with Crippen LogP contribution in [0.3, 0.4) is 0 Å². The van der Waals surface area contributed by atoms with Crippen molar-refractivity contribution >= 4 is 11.6 Å². The number of rotatable bonds is 4. The standard InChI is InChI=1S/C15H19ClN4O/c1-10-4-5-11(8-12(10)16)15-18-14(19-21-15)13(17)9-20-6-2-3-7-20/h4-5,8,13H,2-3,6-7,9,17H2,1H3. The van der Waals surface area contributed by atoms with E-state index in [2.05, 4.69) is 15.0 Å². The van der Waals surface area contributed by atoms with Gasteiger partial charge in [0.15, 0.2) is 5.82 Å². The second-order valence-corrected chi connectivity index (χ2v) is 5.94. The molecule has 2 N–H and O–H groups in total. The van der Waals surface area contributed by atoms with Crippen LogP contribution in [0.5, 0.6) is 0 Å². The van der Waals surface area contributed by atoms with Gasteiger partial charge in [0.05, 0.1) is 6.04 Å². The van der Waals surface area contributed by atoms with Gasteiger partial charge in [0.25, 0.3) is 5.89 Å². The fourth-order valence-electron chi connectivity index (χ4n) is 2.55. The van der Waals surface area contributed by atoms with Gasteiger partial charge >= 0.3 is 0 Å². The molecule has 0 aliphatic carbocycles. The zero-order valence-electron chi connectivity index (χ0n) is 12.1. The third kappa shape index (κ3) is 3.26. The molecular formula is C15H19ClN4O. The molecule has 0 spiro atoms. The number of hydrogen-bond acceptors (Lipinski definition) is 5. The lowest BCUT2D eigenvalue weighted by atomic mass is 10.1. The summed E-state index contributed by atoms with van der Waals surface area (Å²) < 4.78 is 5.31. The highest BCUT2D eigenvalue weighted by Crippen LogP contribution is 2.25. The van der Waals surface area contributed by atoms with Crippen molar-refractivity contribution in [2.45, 2.75) is 25.8 Å². The zero-order chi connectivity index (χ0) is 14.8. The van der Waals surface area contributed by atoms with Crippen molar-refractivity contribution < 1.29 is 4.52 Å². The van der Waals surface area contributed by atoms with Crippen molar-refractivity contribution in [1.82, 2.24) is 15.0 Å². The van der Waals surface area contributed by atoms with Gasteiger partial charge in [0.2, 0.25) is 0 Å². The smallest absolute Gasteiger partial charge is 0.258 e. The second-order valence-electron chi connectivity index (χ2n) is 5.54. The summed E-state index contributed by atoms with van der Waals surface area (Å²) in [5.74, 6) is 1.01. The van der Waals surface area contributed by atoms with Gasteiger partial charge in [-0.05, 0) is 50.6 Å². The Hall–Kier alpha value is -1.43. The lowest BCUT2D eigenvalue weighted by Gasteiger charge is -2.17. The van der Waals surface area contributed by atoms with Crippen molar-refractivity contribution in [2.24, 2.45) is 5.73 Å². The van der Waals surface area contributed by atoms with Gasteiger partial charge in [-0.1, -0.05) is 22.8 Å². The summed E-state index contributed by atoms with van der Waals surface area (Å²) >= 11 is 6.13. The summed E-state index contributed by atoms with van der Waals surface area (Å²) in [6.07, 6.45) is 2.48. The fraction of sp³-hybridized carbons (Fsp3) is 0.467. The van der Waals surface area contributed by atoms with Crippen LogP contribution < -0.4 is 5.73 Å². The van der Waals surface area contributed by atoms with Crippen LogP contribution in [0, 0.1) is 6.92 Å². The zero-order valence-corrected chi connectivity index (χ0v) is 12.8. The molecule has 0 radical (unpaired) electrons. The second kappa shape index (κ2) is 6.13. The molecule has 6 heteroatoms. The summed E-state index contributed by atoms with van der Waals surface area (Å²) in [5.41, 5.74) is 8.00. The van der Waals surface area contributed by atoms with E-state index in [9.17, 15) is 0 Å².